The predicted octanol–water partition coefficient (Wildman–Crippen LogP) is 6.26. The van der Waals surface area contributed by atoms with Crippen LogP contribution in [0.15, 0.2) is 36.5 Å². The Kier molecular flexibility index (Phi) is 10.3. The number of aromatic nitrogens is 3. The number of benzene rings is 1. The van der Waals surface area contributed by atoms with Crippen molar-refractivity contribution in [2.24, 2.45) is 0 Å². The van der Waals surface area contributed by atoms with E-state index < -0.39 is 29.5 Å². The van der Waals surface area contributed by atoms with Gasteiger partial charge in [-0.05, 0) is 64.8 Å². The van der Waals surface area contributed by atoms with Crippen LogP contribution in [0.25, 0.3) is 10.6 Å². The Morgan fingerprint density at radius 1 is 1.05 bits per heavy atom. The van der Waals surface area contributed by atoms with Crippen LogP contribution in [0, 0.1) is 0 Å². The van der Waals surface area contributed by atoms with Gasteiger partial charge in [0.2, 0.25) is 5.95 Å². The Morgan fingerprint density at radius 3 is 2.50 bits per heavy atom. The summed E-state index contributed by atoms with van der Waals surface area (Å²) in [5.41, 5.74) is -0.841. The van der Waals surface area contributed by atoms with Crippen LogP contribution in [0.3, 0.4) is 0 Å². The van der Waals surface area contributed by atoms with Gasteiger partial charge >= 0.3 is 18.2 Å². The fourth-order valence-corrected chi connectivity index (χ4v) is 4.31. The van der Waals surface area contributed by atoms with Gasteiger partial charge in [-0.15, -0.1) is 0 Å². The van der Waals surface area contributed by atoms with Crippen molar-refractivity contribution >= 4 is 40.2 Å². The monoisotopic (exact) mass is 580 g/mol. The molecule has 0 saturated carbocycles. The molecule has 10 nitrogen and oxygen atoms in total. The van der Waals surface area contributed by atoms with Crippen LogP contribution >= 0.6 is 11.3 Å². The number of esters is 1. The van der Waals surface area contributed by atoms with Crippen LogP contribution in [0.5, 0.6) is 0 Å². The highest BCUT2D eigenvalue weighted by Gasteiger charge is 2.38. The summed E-state index contributed by atoms with van der Waals surface area (Å²) in [7, 11) is 0. The summed E-state index contributed by atoms with van der Waals surface area (Å²) in [4.78, 5) is 35.6. The lowest BCUT2D eigenvalue weighted by Crippen LogP contribution is -2.33. The molecule has 0 unspecified atom stereocenters. The van der Waals surface area contributed by atoms with Gasteiger partial charge in [-0.2, -0.15) is 13.2 Å². The third-order valence-electron chi connectivity index (χ3n) is 4.96. The van der Waals surface area contributed by atoms with E-state index in [-0.39, 0.29) is 28.3 Å². The highest BCUT2D eigenvalue weighted by atomic mass is 32.1. The van der Waals surface area contributed by atoms with E-state index in [9.17, 15) is 22.8 Å². The fourth-order valence-electron chi connectivity index (χ4n) is 3.32. The van der Waals surface area contributed by atoms with Crippen molar-refractivity contribution in [3.63, 3.8) is 0 Å². The summed E-state index contributed by atoms with van der Waals surface area (Å²) in [5, 5.41) is 8.56. The molecule has 3 aromatic rings. The second-order valence-corrected chi connectivity index (χ2v) is 10.4. The molecule has 0 aliphatic heterocycles. The normalized spacial score (nSPS) is 11.6. The molecule has 40 heavy (non-hydrogen) atoms. The van der Waals surface area contributed by atoms with E-state index in [4.69, 9.17) is 9.47 Å². The smallest absolute Gasteiger partial charge is 0.434 e. The summed E-state index contributed by atoms with van der Waals surface area (Å²) < 4.78 is 51.6. The quantitative estimate of drug-likeness (QED) is 0.178. The Balaban J connectivity index is 1.66. The van der Waals surface area contributed by atoms with Crippen molar-refractivity contribution in [1.29, 1.82) is 0 Å². The van der Waals surface area contributed by atoms with Crippen molar-refractivity contribution in [3.8, 4) is 10.6 Å². The van der Waals surface area contributed by atoms with Crippen LogP contribution in [-0.2, 0) is 15.7 Å². The lowest BCUT2D eigenvalue weighted by atomic mass is 10.2. The number of hydrogen-bond donors (Lipinski definition) is 3. The lowest BCUT2D eigenvalue weighted by Gasteiger charge is -2.19. The molecule has 1 amide bonds. The Morgan fingerprint density at radius 2 is 1.80 bits per heavy atom. The van der Waals surface area contributed by atoms with E-state index >= 15 is 0 Å². The van der Waals surface area contributed by atoms with Gasteiger partial charge in [-0.3, -0.25) is 0 Å². The summed E-state index contributed by atoms with van der Waals surface area (Å²) in [6, 6.07) is 7.79. The Labute approximate surface area is 233 Å². The van der Waals surface area contributed by atoms with E-state index in [1.165, 1.54) is 18.3 Å². The number of amides is 1. The molecule has 216 valence electrons. The van der Waals surface area contributed by atoms with Crippen LogP contribution in [-0.4, -0.2) is 52.3 Å². The van der Waals surface area contributed by atoms with E-state index in [2.05, 4.69) is 30.9 Å². The molecule has 3 N–H and O–H groups in total. The van der Waals surface area contributed by atoms with Gasteiger partial charge in [0.25, 0.3) is 0 Å². The van der Waals surface area contributed by atoms with Gasteiger partial charge in [0.15, 0.2) is 10.8 Å². The van der Waals surface area contributed by atoms with Gasteiger partial charge < -0.3 is 25.4 Å². The zero-order chi connectivity index (χ0) is 29.3. The number of alkyl carbamates (subject to hydrolysis) is 1. The van der Waals surface area contributed by atoms with Gasteiger partial charge in [-0.25, -0.2) is 24.5 Å². The van der Waals surface area contributed by atoms with E-state index in [0.717, 1.165) is 11.3 Å². The van der Waals surface area contributed by atoms with Crippen LogP contribution in [0.4, 0.5) is 34.7 Å². The molecule has 2 aromatic heterocycles. The third-order valence-corrected chi connectivity index (χ3v) is 6.00. The Bertz CT molecular complexity index is 1310. The minimum absolute atomic E-state index is 0.0403. The number of alkyl halides is 3. The summed E-state index contributed by atoms with van der Waals surface area (Å²) in [6.07, 6.45) is -2.71. The molecular formula is C26H31F3N6O4S. The first-order chi connectivity index (χ1) is 18.9. The highest BCUT2D eigenvalue weighted by molar-refractivity contribution is 7.19. The number of nitrogens with zero attached hydrogens (tertiary/aromatic N) is 3. The number of carbonyl (C=O) groups is 2. The third kappa shape index (κ3) is 9.36. The van der Waals surface area contributed by atoms with Crippen LogP contribution in [0.1, 0.15) is 56.6 Å². The van der Waals surface area contributed by atoms with Gasteiger partial charge in [0.05, 0.1) is 22.7 Å². The second-order valence-electron chi connectivity index (χ2n) is 9.45. The van der Waals surface area contributed by atoms with Crippen molar-refractivity contribution in [2.75, 3.05) is 30.3 Å². The summed E-state index contributed by atoms with van der Waals surface area (Å²) in [6.45, 7) is 7.93. The number of ether oxygens (including phenoxy) is 2. The number of rotatable bonds is 11. The molecule has 0 radical (unpaired) electrons. The zero-order valence-corrected chi connectivity index (χ0v) is 23.3. The first-order valence-corrected chi connectivity index (χ1v) is 13.3. The molecule has 0 bridgehead atoms. The molecule has 0 aliphatic carbocycles. The molecule has 0 saturated heterocycles. The maximum absolute atomic E-state index is 13.8. The minimum atomic E-state index is -4.70. The molecule has 0 fully saturated rings. The first kappa shape index (κ1) is 30.6. The summed E-state index contributed by atoms with van der Waals surface area (Å²) >= 11 is 0.830. The first-order valence-electron chi connectivity index (χ1n) is 12.5. The topological polar surface area (TPSA) is 127 Å². The number of anilines is 3. The molecule has 0 spiro atoms. The number of unbranched alkanes of at least 4 members (excludes halogenated alkanes) is 1. The predicted molar refractivity (Wildman–Crippen MR) is 146 cm³/mol. The Hall–Kier alpha value is -3.94. The molecule has 3 rings (SSSR count). The fraction of sp³-hybridized carbons (Fsp3) is 0.423. The number of halogens is 3. The second kappa shape index (κ2) is 13.4. The van der Waals surface area contributed by atoms with Crippen molar-refractivity contribution in [3.05, 3.63) is 47.8 Å². The lowest BCUT2D eigenvalue weighted by molar-refractivity contribution is -0.140. The number of carbonyl (C=O) groups excluding carboxylic acids is 2. The number of hydrogen-bond acceptors (Lipinski definition) is 10. The average Bonchev–Trinajstić information content (AvgIpc) is 3.31. The maximum Gasteiger partial charge on any atom is 0.434 e. The standard InChI is InChI=1S/C26H31F3N6O4S/c1-5-38-21(36)16-9-8-10-17(15-16)33-22-30-14-11-18(34-22)19-20(26(27,28)29)35-23(40-19)31-12-6-7-13-32-24(37)39-25(2,3)4/h8-11,14-15H,5-7,12-13H2,1-4H3,(H,31,35)(H,32,37)(H,30,33,34). The van der Waals surface area contributed by atoms with E-state index in [1.807, 2.05) is 0 Å². The molecule has 1 aromatic carbocycles. The molecule has 0 atom stereocenters. The van der Waals surface area contributed by atoms with E-state index in [1.54, 1.807) is 45.9 Å². The van der Waals surface area contributed by atoms with Gasteiger partial charge in [-0.1, -0.05) is 17.4 Å². The van der Waals surface area contributed by atoms with E-state index in [0.29, 0.717) is 37.2 Å². The van der Waals surface area contributed by atoms with Crippen LogP contribution < -0.4 is 16.0 Å². The molecule has 2 heterocycles. The molecule has 14 heteroatoms. The van der Waals surface area contributed by atoms with Crippen molar-refractivity contribution < 1.29 is 32.2 Å². The van der Waals surface area contributed by atoms with Crippen LogP contribution in [0.2, 0.25) is 0 Å². The average molecular weight is 581 g/mol. The van der Waals surface area contributed by atoms with Gasteiger partial charge in [0.1, 0.15) is 5.60 Å². The molecule has 0 aliphatic rings. The van der Waals surface area contributed by atoms with Gasteiger partial charge in [0, 0.05) is 25.0 Å². The van der Waals surface area contributed by atoms with Crippen molar-refractivity contribution in [2.45, 2.75) is 52.3 Å². The number of thiazole rings is 1. The minimum Gasteiger partial charge on any atom is -0.462 e. The zero-order valence-electron chi connectivity index (χ0n) is 22.5. The van der Waals surface area contributed by atoms with Crippen molar-refractivity contribution in [1.82, 2.24) is 20.3 Å². The highest BCUT2D eigenvalue weighted by Crippen LogP contribution is 2.41. The largest absolute Gasteiger partial charge is 0.462 e. The molecular weight excluding hydrogens is 549 g/mol. The maximum atomic E-state index is 13.8. The summed E-state index contributed by atoms with van der Waals surface area (Å²) in [5.74, 6) is -0.452. The SMILES string of the molecule is CCOC(=O)c1cccc(Nc2nccc(-c3sc(NCCCCNC(=O)OC(C)(C)C)nc3C(F)(F)F)n2)c1. The number of nitrogens with one attached hydrogen (secondary N) is 3.